The molecular weight excluding hydrogens is 279 g/mol. The summed E-state index contributed by atoms with van der Waals surface area (Å²) < 4.78 is 40.6. The minimum Gasteiger partial charge on any atom is -0.326 e. The first-order valence-corrected chi connectivity index (χ1v) is 8.31. The zero-order chi connectivity index (χ0) is 15.3. The Labute approximate surface area is 120 Å². The molecule has 1 aromatic carbocycles. The summed E-state index contributed by atoms with van der Waals surface area (Å²) in [4.78, 5) is 0.0276. The van der Waals surface area contributed by atoms with Gasteiger partial charge in [0.15, 0.2) is 0 Å². The minimum absolute atomic E-state index is 0.0276. The number of benzene rings is 1. The summed E-state index contributed by atoms with van der Waals surface area (Å²) in [5, 5.41) is 0. The Kier molecular flexibility index (Phi) is 6.10. The third-order valence-corrected chi connectivity index (χ3v) is 5.18. The Balaban J connectivity index is 3.36. The van der Waals surface area contributed by atoms with Crippen molar-refractivity contribution in [3.8, 4) is 0 Å². The van der Waals surface area contributed by atoms with Gasteiger partial charge < -0.3 is 5.73 Å². The molecule has 0 aliphatic carbocycles. The molecule has 0 fully saturated rings. The van der Waals surface area contributed by atoms with Crippen LogP contribution in [0.5, 0.6) is 0 Å². The molecule has 0 spiro atoms. The van der Waals surface area contributed by atoms with Crippen LogP contribution in [0.1, 0.15) is 37.8 Å². The van der Waals surface area contributed by atoms with E-state index in [9.17, 15) is 12.8 Å². The lowest BCUT2D eigenvalue weighted by Gasteiger charge is -2.22. The van der Waals surface area contributed by atoms with Crippen LogP contribution in [-0.2, 0) is 16.6 Å². The molecule has 0 unspecified atom stereocenters. The van der Waals surface area contributed by atoms with E-state index in [1.165, 1.54) is 23.4 Å². The van der Waals surface area contributed by atoms with Gasteiger partial charge in [-0.25, -0.2) is 12.8 Å². The van der Waals surface area contributed by atoms with Gasteiger partial charge in [0.1, 0.15) is 5.82 Å². The van der Waals surface area contributed by atoms with E-state index in [-0.39, 0.29) is 17.0 Å². The van der Waals surface area contributed by atoms with Crippen molar-refractivity contribution in [2.45, 2.75) is 45.1 Å². The summed E-state index contributed by atoms with van der Waals surface area (Å²) >= 11 is 0. The van der Waals surface area contributed by atoms with E-state index >= 15 is 0 Å². The Morgan fingerprint density at radius 2 is 1.75 bits per heavy atom. The number of hydrogen-bond donors (Lipinski definition) is 1. The fourth-order valence-corrected chi connectivity index (χ4v) is 3.99. The number of hydrogen-bond acceptors (Lipinski definition) is 3. The van der Waals surface area contributed by atoms with Crippen molar-refractivity contribution in [3.63, 3.8) is 0 Å². The SMILES string of the molecule is CCCN(CCC)S(=O)(=O)c1cc(CN)cc(F)c1C. The highest BCUT2D eigenvalue weighted by Gasteiger charge is 2.26. The van der Waals surface area contributed by atoms with Crippen molar-refractivity contribution in [3.05, 3.63) is 29.1 Å². The van der Waals surface area contributed by atoms with E-state index in [1.807, 2.05) is 13.8 Å². The highest BCUT2D eigenvalue weighted by atomic mass is 32.2. The van der Waals surface area contributed by atoms with Gasteiger partial charge in [-0.05, 0) is 37.5 Å². The van der Waals surface area contributed by atoms with Crippen LogP contribution in [0.2, 0.25) is 0 Å². The quantitative estimate of drug-likeness (QED) is 0.841. The predicted molar refractivity (Wildman–Crippen MR) is 78.4 cm³/mol. The van der Waals surface area contributed by atoms with E-state index in [4.69, 9.17) is 5.73 Å². The first-order valence-electron chi connectivity index (χ1n) is 6.87. The molecule has 0 bridgehead atoms. The number of rotatable bonds is 7. The summed E-state index contributed by atoms with van der Waals surface area (Å²) in [5.74, 6) is -0.528. The van der Waals surface area contributed by atoms with E-state index in [2.05, 4.69) is 0 Å². The largest absolute Gasteiger partial charge is 0.326 e. The van der Waals surface area contributed by atoms with E-state index in [0.29, 0.717) is 18.7 Å². The van der Waals surface area contributed by atoms with Gasteiger partial charge in [0.05, 0.1) is 4.90 Å². The molecular formula is C14H23FN2O2S. The van der Waals surface area contributed by atoms with Crippen LogP contribution in [0.3, 0.4) is 0 Å². The second kappa shape index (κ2) is 7.15. The molecule has 0 aliphatic rings. The summed E-state index contributed by atoms with van der Waals surface area (Å²) in [6, 6.07) is 2.77. The molecule has 2 N–H and O–H groups in total. The van der Waals surface area contributed by atoms with Crippen LogP contribution in [0.4, 0.5) is 4.39 Å². The molecule has 0 saturated heterocycles. The minimum atomic E-state index is -3.67. The molecule has 1 aromatic rings. The summed E-state index contributed by atoms with van der Waals surface area (Å²) in [7, 11) is -3.67. The van der Waals surface area contributed by atoms with Gasteiger partial charge in [-0.1, -0.05) is 13.8 Å². The van der Waals surface area contributed by atoms with E-state index in [1.54, 1.807) is 0 Å². The third-order valence-electron chi connectivity index (χ3n) is 3.16. The van der Waals surface area contributed by atoms with Crippen molar-refractivity contribution >= 4 is 10.0 Å². The van der Waals surface area contributed by atoms with Gasteiger partial charge in [0.2, 0.25) is 10.0 Å². The number of halogens is 1. The first-order chi connectivity index (χ1) is 9.38. The first kappa shape index (κ1) is 17.1. The second-order valence-electron chi connectivity index (χ2n) is 4.81. The topological polar surface area (TPSA) is 63.4 Å². The molecule has 4 nitrogen and oxygen atoms in total. The molecule has 0 saturated carbocycles. The Bertz CT molecular complexity index is 553. The predicted octanol–water partition coefficient (Wildman–Crippen LogP) is 2.40. The number of nitrogens with two attached hydrogens (primary N) is 1. The van der Waals surface area contributed by atoms with Gasteiger partial charge in [-0.15, -0.1) is 0 Å². The fourth-order valence-electron chi connectivity index (χ4n) is 2.08. The van der Waals surface area contributed by atoms with Crippen LogP contribution in [0.15, 0.2) is 17.0 Å². The lowest BCUT2D eigenvalue weighted by Crippen LogP contribution is -2.33. The van der Waals surface area contributed by atoms with Crippen LogP contribution >= 0.6 is 0 Å². The Hall–Kier alpha value is -0.980. The lowest BCUT2D eigenvalue weighted by atomic mass is 10.1. The van der Waals surface area contributed by atoms with Crippen molar-refractivity contribution in [1.82, 2.24) is 4.31 Å². The maximum Gasteiger partial charge on any atom is 0.243 e. The highest BCUT2D eigenvalue weighted by molar-refractivity contribution is 7.89. The Morgan fingerprint density at radius 3 is 2.20 bits per heavy atom. The van der Waals surface area contributed by atoms with Gasteiger partial charge >= 0.3 is 0 Å². The molecule has 0 heterocycles. The molecule has 0 radical (unpaired) electrons. The van der Waals surface area contributed by atoms with Crippen molar-refractivity contribution in [2.75, 3.05) is 13.1 Å². The average Bonchev–Trinajstić information content (AvgIpc) is 2.41. The molecule has 114 valence electrons. The van der Waals surface area contributed by atoms with Gasteiger partial charge in [0, 0.05) is 25.2 Å². The molecule has 0 aromatic heterocycles. The van der Waals surface area contributed by atoms with Crippen molar-refractivity contribution in [1.29, 1.82) is 0 Å². The summed E-state index contributed by atoms with van der Waals surface area (Å²) in [6.45, 7) is 6.30. The van der Waals surface area contributed by atoms with E-state index < -0.39 is 15.8 Å². The van der Waals surface area contributed by atoms with Crippen LogP contribution in [-0.4, -0.2) is 25.8 Å². The zero-order valence-corrected chi connectivity index (χ0v) is 13.1. The normalized spacial score (nSPS) is 12.1. The van der Waals surface area contributed by atoms with Crippen LogP contribution < -0.4 is 5.73 Å². The zero-order valence-electron chi connectivity index (χ0n) is 12.3. The van der Waals surface area contributed by atoms with Crippen molar-refractivity contribution < 1.29 is 12.8 Å². The molecule has 0 amide bonds. The smallest absolute Gasteiger partial charge is 0.243 e. The molecule has 0 atom stereocenters. The Morgan fingerprint density at radius 1 is 1.20 bits per heavy atom. The standard InChI is InChI=1S/C14H23FN2O2S/c1-4-6-17(7-5-2)20(18,19)14-9-12(10-16)8-13(15)11(14)3/h8-9H,4-7,10,16H2,1-3H3. The van der Waals surface area contributed by atoms with Crippen LogP contribution in [0.25, 0.3) is 0 Å². The maximum atomic E-state index is 13.9. The van der Waals surface area contributed by atoms with E-state index in [0.717, 1.165) is 12.8 Å². The van der Waals surface area contributed by atoms with Crippen molar-refractivity contribution in [2.24, 2.45) is 5.73 Å². The lowest BCUT2D eigenvalue weighted by molar-refractivity contribution is 0.409. The number of nitrogens with zero attached hydrogens (tertiary/aromatic N) is 1. The third kappa shape index (κ3) is 3.56. The van der Waals surface area contributed by atoms with Gasteiger partial charge in [-0.3, -0.25) is 0 Å². The number of sulfonamides is 1. The summed E-state index contributed by atoms with van der Waals surface area (Å²) in [5.41, 5.74) is 6.14. The second-order valence-corrected chi connectivity index (χ2v) is 6.72. The molecule has 20 heavy (non-hydrogen) atoms. The summed E-state index contributed by atoms with van der Waals surface area (Å²) in [6.07, 6.45) is 1.44. The highest BCUT2D eigenvalue weighted by Crippen LogP contribution is 2.24. The molecule has 6 heteroatoms. The average molecular weight is 302 g/mol. The molecule has 1 rings (SSSR count). The fraction of sp³-hybridized carbons (Fsp3) is 0.571. The molecule has 0 aliphatic heterocycles. The van der Waals surface area contributed by atoms with Crippen LogP contribution in [0, 0.1) is 12.7 Å². The maximum absolute atomic E-state index is 13.9. The van der Waals surface area contributed by atoms with Gasteiger partial charge in [0.25, 0.3) is 0 Å². The monoisotopic (exact) mass is 302 g/mol. The van der Waals surface area contributed by atoms with Gasteiger partial charge in [-0.2, -0.15) is 4.31 Å².